The largest absolute Gasteiger partial charge is 0.478 e. The molecule has 1 saturated heterocycles. The van der Waals surface area contributed by atoms with Crippen LogP contribution in [0.2, 0.25) is 0 Å². The van der Waals surface area contributed by atoms with E-state index in [1.807, 2.05) is 0 Å². The van der Waals surface area contributed by atoms with Gasteiger partial charge in [0, 0.05) is 12.0 Å². The zero-order valence-corrected chi connectivity index (χ0v) is 8.24. The fraction of sp³-hybridized carbons (Fsp3) is 0.364. The van der Waals surface area contributed by atoms with Gasteiger partial charge in [-0.2, -0.15) is 0 Å². The lowest BCUT2D eigenvalue weighted by Gasteiger charge is -2.10. The summed E-state index contributed by atoms with van der Waals surface area (Å²) in [7, 11) is 0. The molecule has 82 valence electrons. The third-order valence-electron chi connectivity index (χ3n) is 2.18. The van der Waals surface area contributed by atoms with Gasteiger partial charge in [-0.1, -0.05) is 30.9 Å². The summed E-state index contributed by atoms with van der Waals surface area (Å²) < 4.78 is 5.28. The van der Waals surface area contributed by atoms with Gasteiger partial charge in [-0.05, 0) is 0 Å². The second kappa shape index (κ2) is 5.48. The van der Waals surface area contributed by atoms with E-state index in [0.717, 1.165) is 6.08 Å². The van der Waals surface area contributed by atoms with Crippen LogP contribution in [-0.4, -0.2) is 35.0 Å². The molecule has 0 saturated carbocycles. The molecule has 0 aromatic rings. The molecule has 0 amide bonds. The van der Waals surface area contributed by atoms with E-state index in [4.69, 9.17) is 9.84 Å². The molecule has 1 fully saturated rings. The number of aliphatic carboxylic acids is 1. The van der Waals surface area contributed by atoms with Crippen LogP contribution in [-0.2, 0) is 9.53 Å². The summed E-state index contributed by atoms with van der Waals surface area (Å²) in [5, 5.41) is 18.2. The highest BCUT2D eigenvalue weighted by Gasteiger charge is 2.32. The van der Waals surface area contributed by atoms with Crippen molar-refractivity contribution in [2.45, 2.75) is 12.2 Å². The highest BCUT2D eigenvalue weighted by atomic mass is 16.5. The summed E-state index contributed by atoms with van der Waals surface area (Å²) >= 11 is 0. The fourth-order valence-corrected chi connectivity index (χ4v) is 1.40. The van der Waals surface area contributed by atoms with Crippen molar-refractivity contribution in [3.8, 4) is 0 Å². The van der Waals surface area contributed by atoms with Gasteiger partial charge in [0.05, 0.1) is 12.7 Å². The monoisotopic (exact) mass is 210 g/mol. The zero-order valence-electron chi connectivity index (χ0n) is 8.24. The van der Waals surface area contributed by atoms with Crippen molar-refractivity contribution >= 4 is 5.97 Å². The topological polar surface area (TPSA) is 66.8 Å². The molecule has 3 atom stereocenters. The van der Waals surface area contributed by atoms with Crippen LogP contribution in [0.25, 0.3) is 0 Å². The first kappa shape index (κ1) is 11.7. The summed E-state index contributed by atoms with van der Waals surface area (Å²) in [6.45, 7) is 3.84. The van der Waals surface area contributed by atoms with Crippen molar-refractivity contribution in [3.63, 3.8) is 0 Å². The third-order valence-corrected chi connectivity index (χ3v) is 2.18. The van der Waals surface area contributed by atoms with Gasteiger partial charge in [0.15, 0.2) is 0 Å². The molecule has 0 radical (unpaired) electrons. The molecule has 1 aliphatic heterocycles. The zero-order chi connectivity index (χ0) is 11.3. The molecule has 2 N–H and O–H groups in total. The van der Waals surface area contributed by atoms with Crippen molar-refractivity contribution in [3.05, 3.63) is 37.0 Å². The number of hydrogen-bond donors (Lipinski definition) is 2. The first-order valence-electron chi connectivity index (χ1n) is 4.65. The molecule has 0 spiro atoms. The fourth-order valence-electron chi connectivity index (χ4n) is 1.40. The van der Waals surface area contributed by atoms with Gasteiger partial charge >= 0.3 is 5.97 Å². The smallest absolute Gasteiger partial charge is 0.327 e. The number of rotatable bonds is 4. The van der Waals surface area contributed by atoms with Crippen molar-refractivity contribution in [1.82, 2.24) is 0 Å². The quantitative estimate of drug-likeness (QED) is 0.530. The van der Waals surface area contributed by atoms with E-state index >= 15 is 0 Å². The molecule has 1 aliphatic rings. The van der Waals surface area contributed by atoms with Crippen LogP contribution in [0.1, 0.15) is 0 Å². The molecule has 4 nitrogen and oxygen atoms in total. The lowest BCUT2D eigenvalue weighted by molar-refractivity contribution is -0.131. The van der Waals surface area contributed by atoms with E-state index in [9.17, 15) is 9.90 Å². The molecule has 0 bridgehead atoms. The molecule has 15 heavy (non-hydrogen) atoms. The Morgan fingerprint density at radius 1 is 1.47 bits per heavy atom. The highest BCUT2D eigenvalue weighted by molar-refractivity contribution is 5.79. The van der Waals surface area contributed by atoms with E-state index in [0.29, 0.717) is 6.61 Å². The van der Waals surface area contributed by atoms with Crippen LogP contribution in [0, 0.1) is 5.92 Å². The normalized spacial score (nSPS) is 31.4. The van der Waals surface area contributed by atoms with Crippen LogP contribution in [0.15, 0.2) is 37.0 Å². The Labute approximate surface area is 88.2 Å². The number of carboxylic acid groups (broad SMARTS) is 1. The lowest BCUT2D eigenvalue weighted by atomic mass is 10.0. The van der Waals surface area contributed by atoms with Gasteiger partial charge < -0.3 is 14.9 Å². The van der Waals surface area contributed by atoms with Crippen LogP contribution in [0.3, 0.4) is 0 Å². The first-order chi connectivity index (χ1) is 7.15. The summed E-state index contributed by atoms with van der Waals surface area (Å²) in [6, 6.07) is 0. The van der Waals surface area contributed by atoms with E-state index in [2.05, 4.69) is 6.58 Å². The summed E-state index contributed by atoms with van der Waals surface area (Å²) in [5.41, 5.74) is 0. The molecule has 1 heterocycles. The van der Waals surface area contributed by atoms with E-state index in [1.54, 1.807) is 18.2 Å². The van der Waals surface area contributed by atoms with Gasteiger partial charge in [-0.15, -0.1) is 0 Å². The predicted molar refractivity (Wildman–Crippen MR) is 55.3 cm³/mol. The summed E-state index contributed by atoms with van der Waals surface area (Å²) in [5.74, 6) is -1.28. The second-order valence-electron chi connectivity index (χ2n) is 3.27. The second-order valence-corrected chi connectivity index (χ2v) is 3.27. The van der Waals surface area contributed by atoms with Crippen molar-refractivity contribution < 1.29 is 19.7 Å². The SMILES string of the molecule is C=C/C=C/[C@@H]1OC[C@H](/C=C/C(=O)O)[C@H]1O. The van der Waals surface area contributed by atoms with Crippen LogP contribution in [0.5, 0.6) is 0 Å². The van der Waals surface area contributed by atoms with Gasteiger partial charge in [0.25, 0.3) is 0 Å². The minimum absolute atomic E-state index is 0.263. The molecule has 1 rings (SSSR count). The van der Waals surface area contributed by atoms with Crippen LogP contribution >= 0.6 is 0 Å². The Kier molecular flexibility index (Phi) is 4.27. The average molecular weight is 210 g/mol. The maximum absolute atomic E-state index is 10.3. The van der Waals surface area contributed by atoms with Crippen LogP contribution < -0.4 is 0 Å². The molecule has 0 aromatic carbocycles. The Bertz CT molecular complexity index is 293. The minimum atomic E-state index is -1.02. The number of hydrogen-bond acceptors (Lipinski definition) is 3. The number of carboxylic acids is 1. The first-order valence-corrected chi connectivity index (χ1v) is 4.65. The summed E-state index contributed by atoms with van der Waals surface area (Å²) in [4.78, 5) is 10.3. The van der Waals surface area contributed by atoms with Crippen LogP contribution in [0.4, 0.5) is 0 Å². The standard InChI is InChI=1S/C11H14O4/c1-2-3-4-9-11(14)8(7-15-9)5-6-10(12)13/h2-6,8-9,11,14H,1,7H2,(H,12,13)/b4-3+,6-5+/t8-,9-,11+/m0/s1. The number of allylic oxidation sites excluding steroid dienone is 2. The van der Waals surface area contributed by atoms with Gasteiger partial charge in [-0.25, -0.2) is 4.79 Å². The van der Waals surface area contributed by atoms with Crippen molar-refractivity contribution in [1.29, 1.82) is 0 Å². The number of aliphatic hydroxyl groups excluding tert-OH is 1. The molecule has 0 aromatic heterocycles. The van der Waals surface area contributed by atoms with E-state index in [1.165, 1.54) is 6.08 Å². The Morgan fingerprint density at radius 2 is 2.20 bits per heavy atom. The maximum Gasteiger partial charge on any atom is 0.327 e. The highest BCUT2D eigenvalue weighted by Crippen LogP contribution is 2.22. The molecule has 0 aliphatic carbocycles. The molecular weight excluding hydrogens is 196 g/mol. The third kappa shape index (κ3) is 3.34. The lowest BCUT2D eigenvalue weighted by Crippen LogP contribution is -2.23. The van der Waals surface area contributed by atoms with E-state index < -0.39 is 12.1 Å². The molecular formula is C11H14O4. The van der Waals surface area contributed by atoms with Crippen molar-refractivity contribution in [2.75, 3.05) is 6.61 Å². The summed E-state index contributed by atoms with van der Waals surface area (Å²) in [6.07, 6.45) is 6.38. The molecule has 0 unspecified atom stereocenters. The maximum atomic E-state index is 10.3. The van der Waals surface area contributed by atoms with Gasteiger partial charge in [0.1, 0.15) is 6.10 Å². The van der Waals surface area contributed by atoms with Crippen molar-refractivity contribution in [2.24, 2.45) is 5.92 Å². The van der Waals surface area contributed by atoms with Gasteiger partial charge in [-0.3, -0.25) is 0 Å². The van der Waals surface area contributed by atoms with Gasteiger partial charge in [0.2, 0.25) is 0 Å². The Balaban J connectivity index is 2.55. The number of aliphatic hydroxyl groups is 1. The molecule has 4 heteroatoms. The Morgan fingerprint density at radius 3 is 2.80 bits per heavy atom. The number of carbonyl (C=O) groups is 1. The minimum Gasteiger partial charge on any atom is -0.478 e. The average Bonchev–Trinajstić information content (AvgIpc) is 2.54. The Hall–Kier alpha value is -1.39. The van der Waals surface area contributed by atoms with E-state index in [-0.39, 0.29) is 12.0 Å². The number of ether oxygens (including phenoxy) is 1. The predicted octanol–water partition coefficient (Wildman–Crippen LogP) is 0.745.